The largest absolute Gasteiger partial charge is 0.484 e. The van der Waals surface area contributed by atoms with Crippen LogP contribution in [0.15, 0.2) is 42.5 Å². The number of benzene rings is 2. The first-order valence-corrected chi connectivity index (χ1v) is 11.3. The van der Waals surface area contributed by atoms with Crippen LogP contribution >= 0.6 is 23.2 Å². The molecule has 2 atom stereocenters. The van der Waals surface area contributed by atoms with Crippen molar-refractivity contribution < 1.29 is 14.3 Å². The van der Waals surface area contributed by atoms with E-state index in [0.717, 1.165) is 12.8 Å². The van der Waals surface area contributed by atoms with Gasteiger partial charge >= 0.3 is 0 Å². The van der Waals surface area contributed by atoms with Crippen LogP contribution in [0.1, 0.15) is 45.2 Å². The van der Waals surface area contributed by atoms with Crippen LogP contribution in [0.25, 0.3) is 0 Å². The number of aryl methyl sites for hydroxylation is 1. The van der Waals surface area contributed by atoms with Crippen LogP contribution in [-0.4, -0.2) is 35.4 Å². The normalized spacial score (nSPS) is 12.7. The SMILES string of the molecule is CCc1ccc(OCC(=O)N(Cc2c(Cl)cccc2Cl)[C@@H](C)C(=O)N[C@H](C)CC)cc1. The zero-order valence-corrected chi connectivity index (χ0v) is 20.0. The number of hydrogen-bond donors (Lipinski definition) is 1. The molecule has 0 unspecified atom stereocenters. The van der Waals surface area contributed by atoms with Gasteiger partial charge in [-0.25, -0.2) is 0 Å². The molecule has 0 heterocycles. The van der Waals surface area contributed by atoms with Crippen molar-refractivity contribution in [1.82, 2.24) is 10.2 Å². The molecule has 1 N–H and O–H groups in total. The smallest absolute Gasteiger partial charge is 0.261 e. The Labute approximate surface area is 194 Å². The second-order valence-electron chi connectivity index (χ2n) is 7.50. The first-order chi connectivity index (χ1) is 14.8. The molecule has 2 aromatic carbocycles. The Bertz CT molecular complexity index is 867. The maximum Gasteiger partial charge on any atom is 0.261 e. The van der Waals surface area contributed by atoms with Gasteiger partial charge in [0.2, 0.25) is 5.91 Å². The third kappa shape index (κ3) is 7.15. The van der Waals surface area contributed by atoms with Crippen molar-refractivity contribution in [3.8, 4) is 5.75 Å². The molecule has 0 aromatic heterocycles. The average molecular weight is 465 g/mol. The molecule has 2 amide bonds. The maximum atomic E-state index is 13.1. The lowest BCUT2D eigenvalue weighted by Gasteiger charge is -2.30. The number of nitrogens with zero attached hydrogens (tertiary/aromatic N) is 1. The minimum Gasteiger partial charge on any atom is -0.484 e. The summed E-state index contributed by atoms with van der Waals surface area (Å²) in [6, 6.07) is 12.0. The molecule has 168 valence electrons. The van der Waals surface area contributed by atoms with E-state index in [1.165, 1.54) is 10.5 Å². The topological polar surface area (TPSA) is 58.6 Å². The molecule has 0 aliphatic carbocycles. The fraction of sp³-hybridized carbons (Fsp3) is 0.417. The van der Waals surface area contributed by atoms with Crippen molar-refractivity contribution in [3.63, 3.8) is 0 Å². The predicted octanol–water partition coefficient (Wildman–Crippen LogP) is 5.27. The van der Waals surface area contributed by atoms with Gasteiger partial charge < -0.3 is 15.0 Å². The lowest BCUT2D eigenvalue weighted by Crippen LogP contribution is -2.50. The summed E-state index contributed by atoms with van der Waals surface area (Å²) in [4.78, 5) is 27.3. The summed E-state index contributed by atoms with van der Waals surface area (Å²) in [5.41, 5.74) is 1.78. The lowest BCUT2D eigenvalue weighted by molar-refractivity contribution is -0.142. The zero-order chi connectivity index (χ0) is 23.0. The van der Waals surface area contributed by atoms with Gasteiger partial charge in [-0.05, 0) is 56.5 Å². The predicted molar refractivity (Wildman–Crippen MR) is 126 cm³/mol. The summed E-state index contributed by atoms with van der Waals surface area (Å²) in [6.45, 7) is 7.57. The summed E-state index contributed by atoms with van der Waals surface area (Å²) in [5, 5.41) is 3.81. The first-order valence-electron chi connectivity index (χ1n) is 10.5. The molecule has 0 radical (unpaired) electrons. The van der Waals surface area contributed by atoms with Crippen LogP contribution in [0, 0.1) is 0 Å². The molecule has 7 heteroatoms. The van der Waals surface area contributed by atoms with Crippen molar-refractivity contribution in [2.75, 3.05) is 6.61 Å². The van der Waals surface area contributed by atoms with Gasteiger partial charge in [-0.2, -0.15) is 0 Å². The van der Waals surface area contributed by atoms with Crippen molar-refractivity contribution in [2.45, 2.75) is 59.2 Å². The Kier molecular flexibility index (Phi) is 9.66. The van der Waals surface area contributed by atoms with E-state index in [1.54, 1.807) is 25.1 Å². The fourth-order valence-electron chi connectivity index (χ4n) is 2.95. The highest BCUT2D eigenvalue weighted by atomic mass is 35.5. The van der Waals surface area contributed by atoms with E-state index in [0.29, 0.717) is 21.4 Å². The van der Waals surface area contributed by atoms with Gasteiger partial charge in [-0.15, -0.1) is 0 Å². The molecular weight excluding hydrogens is 435 g/mol. The molecule has 0 bridgehead atoms. The van der Waals surface area contributed by atoms with E-state index in [9.17, 15) is 9.59 Å². The van der Waals surface area contributed by atoms with Gasteiger partial charge in [0.25, 0.3) is 5.91 Å². The first kappa shape index (κ1) is 25.0. The number of amides is 2. The van der Waals surface area contributed by atoms with Crippen molar-refractivity contribution in [2.24, 2.45) is 0 Å². The van der Waals surface area contributed by atoms with E-state index in [1.807, 2.05) is 38.1 Å². The number of halogens is 2. The molecule has 0 saturated heterocycles. The molecule has 5 nitrogen and oxygen atoms in total. The number of carbonyl (C=O) groups is 2. The number of ether oxygens (including phenoxy) is 1. The Morgan fingerprint density at radius 1 is 1.03 bits per heavy atom. The third-order valence-corrected chi connectivity index (χ3v) is 5.96. The van der Waals surface area contributed by atoms with Gasteiger partial charge in [0.1, 0.15) is 11.8 Å². The maximum absolute atomic E-state index is 13.1. The van der Waals surface area contributed by atoms with Crippen molar-refractivity contribution in [1.29, 1.82) is 0 Å². The minimum atomic E-state index is -0.722. The van der Waals surface area contributed by atoms with E-state index >= 15 is 0 Å². The molecule has 0 saturated carbocycles. The number of nitrogens with one attached hydrogen (secondary N) is 1. The van der Waals surface area contributed by atoms with Crippen LogP contribution < -0.4 is 10.1 Å². The standard InChI is InChI=1S/C24H30Cl2N2O3/c1-5-16(3)27-24(30)17(4)28(14-20-21(25)8-7-9-22(20)26)23(29)15-31-19-12-10-18(6-2)11-13-19/h7-13,16-17H,5-6,14-15H2,1-4H3,(H,27,30)/t16-,17+/m1/s1. The molecule has 2 rings (SSSR count). The monoisotopic (exact) mass is 464 g/mol. The molecule has 0 aliphatic heterocycles. The molecule has 2 aromatic rings. The van der Waals surface area contributed by atoms with Crippen LogP contribution in [0.2, 0.25) is 10.0 Å². The van der Waals surface area contributed by atoms with Gasteiger partial charge in [0.05, 0.1) is 0 Å². The molecule has 31 heavy (non-hydrogen) atoms. The molecule has 0 spiro atoms. The second-order valence-corrected chi connectivity index (χ2v) is 8.32. The van der Waals surface area contributed by atoms with E-state index in [4.69, 9.17) is 27.9 Å². The molecule has 0 aliphatic rings. The van der Waals surface area contributed by atoms with Crippen LogP contribution in [0.4, 0.5) is 0 Å². The van der Waals surface area contributed by atoms with E-state index < -0.39 is 6.04 Å². The Balaban J connectivity index is 2.20. The zero-order valence-electron chi connectivity index (χ0n) is 18.5. The van der Waals surface area contributed by atoms with Crippen LogP contribution in [-0.2, 0) is 22.6 Å². The van der Waals surface area contributed by atoms with Gasteiger partial charge in [0, 0.05) is 28.2 Å². The van der Waals surface area contributed by atoms with Crippen LogP contribution in [0.3, 0.4) is 0 Å². The molecular formula is C24H30Cl2N2O3. The van der Waals surface area contributed by atoms with E-state index in [2.05, 4.69) is 12.2 Å². The summed E-state index contributed by atoms with van der Waals surface area (Å²) in [5.74, 6) is 0.0264. The number of carbonyl (C=O) groups excluding carboxylic acids is 2. The summed E-state index contributed by atoms with van der Waals surface area (Å²) in [6.07, 6.45) is 1.72. The van der Waals surface area contributed by atoms with E-state index in [-0.39, 0.29) is 31.0 Å². The quantitative estimate of drug-likeness (QED) is 0.520. The summed E-state index contributed by atoms with van der Waals surface area (Å²) < 4.78 is 5.69. The fourth-order valence-corrected chi connectivity index (χ4v) is 3.47. The highest BCUT2D eigenvalue weighted by molar-refractivity contribution is 6.36. The molecule has 0 fully saturated rings. The highest BCUT2D eigenvalue weighted by Gasteiger charge is 2.28. The Morgan fingerprint density at radius 2 is 1.65 bits per heavy atom. The van der Waals surface area contributed by atoms with Crippen molar-refractivity contribution >= 4 is 35.0 Å². The number of rotatable bonds is 10. The van der Waals surface area contributed by atoms with Gasteiger partial charge in [0.15, 0.2) is 6.61 Å². The lowest BCUT2D eigenvalue weighted by atomic mass is 10.1. The van der Waals surface area contributed by atoms with Gasteiger partial charge in [-0.1, -0.05) is 55.2 Å². The Morgan fingerprint density at radius 3 is 2.19 bits per heavy atom. The summed E-state index contributed by atoms with van der Waals surface area (Å²) >= 11 is 12.6. The Hall–Kier alpha value is -2.24. The third-order valence-electron chi connectivity index (χ3n) is 5.25. The van der Waals surface area contributed by atoms with Crippen LogP contribution in [0.5, 0.6) is 5.75 Å². The second kappa shape index (κ2) is 12.0. The average Bonchev–Trinajstić information content (AvgIpc) is 2.77. The van der Waals surface area contributed by atoms with Gasteiger partial charge in [-0.3, -0.25) is 9.59 Å². The van der Waals surface area contributed by atoms with Crippen molar-refractivity contribution in [3.05, 3.63) is 63.6 Å². The number of hydrogen-bond acceptors (Lipinski definition) is 3. The minimum absolute atomic E-state index is 0.00383. The highest BCUT2D eigenvalue weighted by Crippen LogP contribution is 2.26. The summed E-state index contributed by atoms with van der Waals surface area (Å²) in [7, 11) is 0.